The maximum atomic E-state index is 4.49. The molecule has 4 nitrogen and oxygen atoms in total. The molecule has 1 N–H and O–H groups in total. The summed E-state index contributed by atoms with van der Waals surface area (Å²) in [5, 5.41) is 11.0. The molecule has 2 aromatic carbocycles. The maximum Gasteiger partial charge on any atom is 0.131 e. The summed E-state index contributed by atoms with van der Waals surface area (Å²) in [7, 11) is 0. The highest BCUT2D eigenvalue weighted by molar-refractivity contribution is 5.87. The Kier molecular flexibility index (Phi) is 3.60. The van der Waals surface area contributed by atoms with Gasteiger partial charge < -0.3 is 0 Å². The highest BCUT2D eigenvalue weighted by atomic mass is 15.3. The fourth-order valence-electron chi connectivity index (χ4n) is 2.08. The second-order valence-electron chi connectivity index (χ2n) is 4.95. The van der Waals surface area contributed by atoms with E-state index in [2.05, 4.69) is 46.4 Å². The lowest BCUT2D eigenvalue weighted by Gasteiger charge is -2.00. The third-order valence-electron chi connectivity index (χ3n) is 3.45. The third-order valence-corrected chi connectivity index (χ3v) is 3.45. The molecular formula is C17H16N4. The van der Waals surface area contributed by atoms with E-state index in [1.807, 2.05) is 36.4 Å². The number of aromatic amines is 1. The summed E-state index contributed by atoms with van der Waals surface area (Å²) in [5.74, 6) is 0. The van der Waals surface area contributed by atoms with Crippen LogP contribution in [0.4, 0.5) is 5.69 Å². The number of hydrogen-bond acceptors (Lipinski definition) is 3. The van der Waals surface area contributed by atoms with Crippen LogP contribution < -0.4 is 0 Å². The molecule has 3 rings (SSSR count). The van der Waals surface area contributed by atoms with Gasteiger partial charge in [0.1, 0.15) is 11.4 Å². The lowest BCUT2D eigenvalue weighted by Crippen LogP contribution is -1.87. The average Bonchev–Trinajstić information content (AvgIpc) is 2.98. The molecule has 4 heteroatoms. The monoisotopic (exact) mass is 276 g/mol. The molecule has 3 aromatic rings. The summed E-state index contributed by atoms with van der Waals surface area (Å²) >= 11 is 0. The van der Waals surface area contributed by atoms with Gasteiger partial charge in [-0.3, -0.25) is 4.99 Å². The van der Waals surface area contributed by atoms with Crippen LogP contribution in [0, 0.1) is 13.8 Å². The van der Waals surface area contributed by atoms with E-state index in [-0.39, 0.29) is 0 Å². The third kappa shape index (κ3) is 2.89. The van der Waals surface area contributed by atoms with Crippen LogP contribution in [0.1, 0.15) is 16.8 Å². The zero-order valence-corrected chi connectivity index (χ0v) is 12.0. The largest absolute Gasteiger partial charge is 0.254 e. The highest BCUT2D eigenvalue weighted by Crippen LogP contribution is 2.20. The van der Waals surface area contributed by atoms with Crippen molar-refractivity contribution in [1.29, 1.82) is 0 Å². The van der Waals surface area contributed by atoms with Crippen LogP contribution in [0.3, 0.4) is 0 Å². The Balaban J connectivity index is 1.90. The van der Waals surface area contributed by atoms with Crippen molar-refractivity contribution >= 4 is 11.9 Å². The highest BCUT2D eigenvalue weighted by Gasteiger charge is 2.07. The fraction of sp³-hybridized carbons (Fsp3) is 0.118. The molecule has 0 fully saturated rings. The molecule has 0 aliphatic heterocycles. The lowest BCUT2D eigenvalue weighted by atomic mass is 10.1. The number of benzene rings is 2. The van der Waals surface area contributed by atoms with Crippen LogP contribution in [0.25, 0.3) is 11.3 Å². The average molecular weight is 276 g/mol. The number of rotatable bonds is 3. The van der Waals surface area contributed by atoms with E-state index in [1.54, 1.807) is 6.21 Å². The molecule has 0 saturated carbocycles. The van der Waals surface area contributed by atoms with Crippen LogP contribution >= 0.6 is 0 Å². The Morgan fingerprint density at radius 1 is 0.952 bits per heavy atom. The Morgan fingerprint density at radius 3 is 2.52 bits per heavy atom. The van der Waals surface area contributed by atoms with Crippen LogP contribution in [0.5, 0.6) is 0 Å². The molecule has 1 heterocycles. The van der Waals surface area contributed by atoms with Crippen molar-refractivity contribution in [3.8, 4) is 11.3 Å². The Bertz CT molecular complexity index is 772. The summed E-state index contributed by atoms with van der Waals surface area (Å²) in [5.41, 5.74) is 5.98. The normalized spacial score (nSPS) is 11.1. The standard InChI is InChI=1S/C17H16N4/c1-12-8-9-15(10-13(12)2)18-11-16-17(20-21-19-16)14-6-4-3-5-7-14/h3-11H,1-2H3,(H,19,20,21). The number of nitrogens with zero attached hydrogens (tertiary/aromatic N) is 3. The number of hydrogen-bond donors (Lipinski definition) is 1. The predicted octanol–water partition coefficient (Wildman–Crippen LogP) is 3.84. The van der Waals surface area contributed by atoms with Gasteiger partial charge in [0.05, 0.1) is 11.9 Å². The van der Waals surface area contributed by atoms with Crippen molar-refractivity contribution in [2.75, 3.05) is 0 Å². The molecule has 1 aromatic heterocycles. The van der Waals surface area contributed by atoms with Gasteiger partial charge in [0.15, 0.2) is 0 Å². The molecule has 0 unspecified atom stereocenters. The minimum absolute atomic E-state index is 0.736. The molecule has 0 saturated heterocycles. The van der Waals surface area contributed by atoms with Crippen molar-refractivity contribution in [3.63, 3.8) is 0 Å². The molecule has 104 valence electrons. The topological polar surface area (TPSA) is 53.9 Å². The second-order valence-corrected chi connectivity index (χ2v) is 4.95. The van der Waals surface area contributed by atoms with Gasteiger partial charge >= 0.3 is 0 Å². The quantitative estimate of drug-likeness (QED) is 0.739. The maximum absolute atomic E-state index is 4.49. The van der Waals surface area contributed by atoms with Crippen molar-refractivity contribution in [1.82, 2.24) is 15.4 Å². The SMILES string of the molecule is Cc1ccc(N=Cc2n[nH]nc2-c2ccccc2)cc1C. The van der Waals surface area contributed by atoms with Gasteiger partial charge in [0.2, 0.25) is 0 Å². The van der Waals surface area contributed by atoms with E-state index < -0.39 is 0 Å². The Labute approximate surface area is 123 Å². The lowest BCUT2D eigenvalue weighted by molar-refractivity contribution is 0.940. The minimum Gasteiger partial charge on any atom is -0.254 e. The van der Waals surface area contributed by atoms with E-state index in [0.717, 1.165) is 22.6 Å². The zero-order valence-electron chi connectivity index (χ0n) is 12.0. The fourth-order valence-corrected chi connectivity index (χ4v) is 2.08. The molecule has 0 radical (unpaired) electrons. The first-order chi connectivity index (χ1) is 10.2. The van der Waals surface area contributed by atoms with E-state index in [9.17, 15) is 0 Å². The molecule has 21 heavy (non-hydrogen) atoms. The summed E-state index contributed by atoms with van der Waals surface area (Å²) < 4.78 is 0. The summed E-state index contributed by atoms with van der Waals surface area (Å²) in [6, 6.07) is 16.1. The zero-order chi connectivity index (χ0) is 14.7. The first-order valence-corrected chi connectivity index (χ1v) is 6.81. The van der Waals surface area contributed by atoms with Crippen molar-refractivity contribution in [3.05, 3.63) is 65.4 Å². The van der Waals surface area contributed by atoms with Gasteiger partial charge in [-0.1, -0.05) is 36.4 Å². The number of nitrogens with one attached hydrogen (secondary N) is 1. The molecular weight excluding hydrogens is 260 g/mol. The smallest absolute Gasteiger partial charge is 0.131 e. The Hall–Kier alpha value is -2.75. The van der Waals surface area contributed by atoms with Crippen molar-refractivity contribution in [2.45, 2.75) is 13.8 Å². The Morgan fingerprint density at radius 2 is 1.76 bits per heavy atom. The number of aryl methyl sites for hydroxylation is 2. The van der Waals surface area contributed by atoms with Crippen LogP contribution in [0.2, 0.25) is 0 Å². The summed E-state index contributed by atoms with van der Waals surface area (Å²) in [4.78, 5) is 4.49. The first kappa shape index (κ1) is 13.2. The molecule has 0 atom stereocenters. The van der Waals surface area contributed by atoms with Crippen molar-refractivity contribution < 1.29 is 0 Å². The van der Waals surface area contributed by atoms with E-state index in [4.69, 9.17) is 0 Å². The van der Waals surface area contributed by atoms with Gasteiger partial charge in [0, 0.05) is 5.56 Å². The molecule has 0 spiro atoms. The predicted molar refractivity (Wildman–Crippen MR) is 85.0 cm³/mol. The molecule has 0 aliphatic carbocycles. The summed E-state index contributed by atoms with van der Waals surface area (Å²) in [6.45, 7) is 4.17. The van der Waals surface area contributed by atoms with Gasteiger partial charge in [-0.05, 0) is 37.1 Å². The minimum atomic E-state index is 0.736. The molecule has 0 amide bonds. The van der Waals surface area contributed by atoms with E-state index in [1.165, 1.54) is 11.1 Å². The van der Waals surface area contributed by atoms with E-state index in [0.29, 0.717) is 0 Å². The number of aromatic nitrogens is 3. The first-order valence-electron chi connectivity index (χ1n) is 6.81. The van der Waals surface area contributed by atoms with Crippen LogP contribution in [-0.2, 0) is 0 Å². The molecule has 0 bridgehead atoms. The number of H-pyrrole nitrogens is 1. The van der Waals surface area contributed by atoms with Crippen LogP contribution in [0.15, 0.2) is 53.5 Å². The molecule has 0 aliphatic rings. The second kappa shape index (κ2) is 5.71. The van der Waals surface area contributed by atoms with Gasteiger partial charge in [-0.15, -0.1) is 0 Å². The van der Waals surface area contributed by atoms with Gasteiger partial charge in [-0.25, -0.2) is 0 Å². The van der Waals surface area contributed by atoms with Gasteiger partial charge in [-0.2, -0.15) is 15.4 Å². The van der Waals surface area contributed by atoms with Gasteiger partial charge in [0.25, 0.3) is 0 Å². The number of aliphatic imine (C=N–C) groups is 1. The van der Waals surface area contributed by atoms with Crippen LogP contribution in [-0.4, -0.2) is 21.6 Å². The van der Waals surface area contributed by atoms with E-state index >= 15 is 0 Å². The summed E-state index contributed by atoms with van der Waals surface area (Å²) in [6.07, 6.45) is 1.75. The van der Waals surface area contributed by atoms with Crippen molar-refractivity contribution in [2.24, 2.45) is 4.99 Å².